The number of thiophene rings is 1. The summed E-state index contributed by atoms with van der Waals surface area (Å²) in [7, 11) is -1.53. The van der Waals surface area contributed by atoms with E-state index in [2.05, 4.69) is 5.32 Å². The molecular formula is C12H20N2O3S2. The number of hydrogen-bond donors (Lipinski definition) is 1. The molecule has 0 amide bonds. The van der Waals surface area contributed by atoms with E-state index in [9.17, 15) is 8.42 Å². The van der Waals surface area contributed by atoms with Gasteiger partial charge in [-0.25, -0.2) is 8.42 Å². The Hall–Kier alpha value is -0.470. The summed E-state index contributed by atoms with van der Waals surface area (Å²) in [5.74, 6) is 0. The van der Waals surface area contributed by atoms with Crippen LogP contribution in [-0.2, 0) is 21.3 Å². The molecular weight excluding hydrogens is 284 g/mol. The molecule has 1 aromatic rings. The summed E-state index contributed by atoms with van der Waals surface area (Å²) in [5.41, 5.74) is 0. The maximum absolute atomic E-state index is 12.6. The third-order valence-corrected chi connectivity index (χ3v) is 6.27. The number of nitrogens with zero attached hydrogens (tertiary/aromatic N) is 1. The minimum absolute atomic E-state index is 0.0424. The van der Waals surface area contributed by atoms with Crippen molar-refractivity contribution in [3.05, 3.63) is 15.8 Å². The van der Waals surface area contributed by atoms with Crippen molar-refractivity contribution in [1.29, 1.82) is 0 Å². The van der Waals surface area contributed by atoms with E-state index in [1.807, 2.05) is 20.9 Å². The molecule has 1 aliphatic heterocycles. The molecule has 0 saturated carbocycles. The molecule has 1 saturated heterocycles. The quantitative estimate of drug-likeness (QED) is 0.907. The van der Waals surface area contributed by atoms with Crippen molar-refractivity contribution >= 4 is 21.4 Å². The Kier molecular flexibility index (Phi) is 4.62. The molecule has 19 heavy (non-hydrogen) atoms. The van der Waals surface area contributed by atoms with Crippen LogP contribution in [0.15, 0.2) is 11.0 Å². The van der Waals surface area contributed by atoms with E-state index in [4.69, 9.17) is 4.74 Å². The third-order valence-electron chi connectivity index (χ3n) is 3.10. The lowest BCUT2D eigenvalue weighted by molar-refractivity contribution is 0.0102. The Morgan fingerprint density at radius 3 is 2.95 bits per heavy atom. The number of sulfonamides is 1. The van der Waals surface area contributed by atoms with Crippen LogP contribution in [0, 0.1) is 6.92 Å². The number of ether oxygens (including phenoxy) is 1. The van der Waals surface area contributed by atoms with Crippen molar-refractivity contribution in [3.8, 4) is 0 Å². The van der Waals surface area contributed by atoms with Crippen LogP contribution in [0.4, 0.5) is 0 Å². The molecule has 5 nitrogen and oxygen atoms in total. The van der Waals surface area contributed by atoms with E-state index in [1.165, 1.54) is 15.6 Å². The summed E-state index contributed by atoms with van der Waals surface area (Å²) < 4.78 is 32.2. The molecule has 0 radical (unpaired) electrons. The highest BCUT2D eigenvalue weighted by atomic mass is 32.2. The average molecular weight is 304 g/mol. The predicted octanol–water partition coefficient (Wildman–Crippen LogP) is 1.19. The van der Waals surface area contributed by atoms with Gasteiger partial charge in [0.05, 0.1) is 17.6 Å². The first-order valence-electron chi connectivity index (χ1n) is 6.31. The van der Waals surface area contributed by atoms with Gasteiger partial charge >= 0.3 is 0 Å². The fourth-order valence-corrected chi connectivity index (χ4v) is 5.30. The Morgan fingerprint density at radius 2 is 2.32 bits per heavy atom. The fourth-order valence-electron chi connectivity index (χ4n) is 2.19. The second-order valence-electron chi connectivity index (χ2n) is 4.71. The number of aryl methyl sites for hydroxylation is 1. The van der Waals surface area contributed by atoms with Gasteiger partial charge in [0.15, 0.2) is 0 Å². The second-order valence-corrected chi connectivity index (χ2v) is 7.96. The zero-order valence-electron chi connectivity index (χ0n) is 11.5. The fraction of sp³-hybridized carbons (Fsp3) is 0.667. The Bertz CT molecular complexity index is 539. The highest BCUT2D eigenvalue weighted by Crippen LogP contribution is 2.29. The molecule has 0 aromatic carbocycles. The van der Waals surface area contributed by atoms with Crippen molar-refractivity contribution in [2.24, 2.45) is 0 Å². The van der Waals surface area contributed by atoms with Crippen molar-refractivity contribution in [2.75, 3.05) is 26.7 Å². The van der Waals surface area contributed by atoms with Crippen LogP contribution in [-0.4, -0.2) is 45.6 Å². The first-order chi connectivity index (χ1) is 8.95. The summed E-state index contributed by atoms with van der Waals surface area (Å²) in [5, 5.41) is 3.04. The van der Waals surface area contributed by atoms with Gasteiger partial charge in [-0.3, -0.25) is 0 Å². The molecule has 1 atom stereocenters. The van der Waals surface area contributed by atoms with E-state index in [0.717, 1.165) is 9.75 Å². The van der Waals surface area contributed by atoms with Crippen LogP contribution in [0.3, 0.4) is 0 Å². The largest absolute Gasteiger partial charge is 0.376 e. The number of nitrogens with one attached hydrogen (secondary N) is 1. The number of morpholine rings is 1. The SMILES string of the molecule is CNCc1cc(S(=O)(=O)N2CCOC(C)C2)c(C)s1. The van der Waals surface area contributed by atoms with Gasteiger partial charge < -0.3 is 10.1 Å². The molecule has 2 rings (SSSR count). The summed E-state index contributed by atoms with van der Waals surface area (Å²) in [4.78, 5) is 2.33. The molecule has 0 bridgehead atoms. The third kappa shape index (κ3) is 3.17. The summed E-state index contributed by atoms with van der Waals surface area (Å²) >= 11 is 1.53. The molecule has 1 aromatic heterocycles. The van der Waals surface area contributed by atoms with Gasteiger partial charge in [0.25, 0.3) is 0 Å². The van der Waals surface area contributed by atoms with Crippen molar-refractivity contribution in [3.63, 3.8) is 0 Å². The first kappa shape index (κ1) is 14.9. The molecule has 0 aliphatic carbocycles. The maximum Gasteiger partial charge on any atom is 0.244 e. The second kappa shape index (κ2) is 5.88. The van der Waals surface area contributed by atoms with E-state index < -0.39 is 10.0 Å². The van der Waals surface area contributed by atoms with Crippen LogP contribution in [0.1, 0.15) is 16.7 Å². The maximum atomic E-state index is 12.6. The Morgan fingerprint density at radius 1 is 1.58 bits per heavy atom. The van der Waals surface area contributed by atoms with E-state index in [-0.39, 0.29) is 6.10 Å². The predicted molar refractivity (Wildman–Crippen MR) is 76.0 cm³/mol. The monoisotopic (exact) mass is 304 g/mol. The lowest BCUT2D eigenvalue weighted by Gasteiger charge is -2.30. The van der Waals surface area contributed by atoms with Crippen LogP contribution in [0.2, 0.25) is 0 Å². The zero-order chi connectivity index (χ0) is 14.0. The average Bonchev–Trinajstić information content (AvgIpc) is 2.71. The molecule has 1 aliphatic rings. The zero-order valence-corrected chi connectivity index (χ0v) is 13.1. The standard InChI is InChI=1S/C12H20N2O3S2/c1-9-8-14(4-5-17-9)19(15,16)12-6-11(7-13-3)18-10(12)2/h6,9,13H,4-5,7-8H2,1-3H3. The molecule has 1 unspecified atom stereocenters. The first-order valence-corrected chi connectivity index (χ1v) is 8.56. The van der Waals surface area contributed by atoms with E-state index >= 15 is 0 Å². The molecule has 2 heterocycles. The van der Waals surface area contributed by atoms with Gasteiger partial charge in [-0.05, 0) is 27.0 Å². The highest BCUT2D eigenvalue weighted by Gasteiger charge is 2.31. The van der Waals surface area contributed by atoms with Crippen molar-refractivity contribution in [1.82, 2.24) is 9.62 Å². The summed E-state index contributed by atoms with van der Waals surface area (Å²) in [6, 6.07) is 1.78. The van der Waals surface area contributed by atoms with E-state index in [1.54, 1.807) is 6.07 Å². The molecule has 1 N–H and O–H groups in total. The van der Waals surface area contributed by atoms with Crippen molar-refractivity contribution in [2.45, 2.75) is 31.4 Å². The van der Waals surface area contributed by atoms with Gasteiger partial charge in [0.2, 0.25) is 10.0 Å². The van der Waals surface area contributed by atoms with E-state index in [0.29, 0.717) is 31.1 Å². The molecule has 0 spiro atoms. The van der Waals surface area contributed by atoms with Gasteiger partial charge in [0.1, 0.15) is 0 Å². The normalized spacial score (nSPS) is 21.7. The number of hydrogen-bond acceptors (Lipinski definition) is 5. The Labute approximate surface area is 118 Å². The van der Waals surface area contributed by atoms with Gasteiger partial charge in [-0.2, -0.15) is 4.31 Å². The smallest absolute Gasteiger partial charge is 0.244 e. The van der Waals surface area contributed by atoms with Gasteiger partial charge in [0, 0.05) is 29.4 Å². The number of rotatable bonds is 4. The minimum Gasteiger partial charge on any atom is -0.376 e. The summed E-state index contributed by atoms with van der Waals surface area (Å²) in [6.45, 7) is 5.78. The molecule has 108 valence electrons. The van der Waals surface area contributed by atoms with Gasteiger partial charge in [-0.15, -0.1) is 11.3 Å². The lowest BCUT2D eigenvalue weighted by Crippen LogP contribution is -2.44. The Balaban J connectivity index is 2.28. The summed E-state index contributed by atoms with van der Waals surface area (Å²) in [6.07, 6.45) is -0.0424. The van der Waals surface area contributed by atoms with Crippen LogP contribution in [0.5, 0.6) is 0 Å². The molecule has 1 fully saturated rings. The van der Waals surface area contributed by atoms with Crippen LogP contribution in [0.25, 0.3) is 0 Å². The minimum atomic E-state index is -3.39. The van der Waals surface area contributed by atoms with Crippen LogP contribution < -0.4 is 5.32 Å². The highest BCUT2D eigenvalue weighted by molar-refractivity contribution is 7.89. The molecule has 7 heteroatoms. The van der Waals surface area contributed by atoms with Crippen molar-refractivity contribution < 1.29 is 13.2 Å². The lowest BCUT2D eigenvalue weighted by atomic mass is 10.3. The topological polar surface area (TPSA) is 58.6 Å². The van der Waals surface area contributed by atoms with Crippen LogP contribution >= 0.6 is 11.3 Å². The van der Waals surface area contributed by atoms with Gasteiger partial charge in [-0.1, -0.05) is 0 Å².